The van der Waals surface area contributed by atoms with E-state index in [1.807, 2.05) is 6.92 Å². The van der Waals surface area contributed by atoms with Crippen LogP contribution in [-0.2, 0) is 9.53 Å². The summed E-state index contributed by atoms with van der Waals surface area (Å²) in [5.41, 5.74) is 5.81. The van der Waals surface area contributed by atoms with Crippen molar-refractivity contribution >= 4 is 5.91 Å². The Morgan fingerprint density at radius 2 is 2.21 bits per heavy atom. The first-order chi connectivity index (χ1) is 8.79. The van der Waals surface area contributed by atoms with Gasteiger partial charge >= 0.3 is 6.18 Å². The molecule has 1 rings (SSSR count). The number of piperidine rings is 1. The molecule has 0 aromatic rings. The van der Waals surface area contributed by atoms with Crippen molar-refractivity contribution in [2.45, 2.75) is 38.4 Å². The van der Waals surface area contributed by atoms with E-state index in [4.69, 9.17) is 5.73 Å². The minimum absolute atomic E-state index is 0.0122. The van der Waals surface area contributed by atoms with Crippen molar-refractivity contribution in [3.8, 4) is 0 Å². The number of halogens is 3. The highest BCUT2D eigenvalue weighted by molar-refractivity contribution is 5.76. The Balaban J connectivity index is 2.25. The lowest BCUT2D eigenvalue weighted by Gasteiger charge is -2.34. The molecule has 19 heavy (non-hydrogen) atoms. The van der Waals surface area contributed by atoms with E-state index < -0.39 is 12.8 Å². The number of nitrogens with zero attached hydrogens (tertiary/aromatic N) is 1. The van der Waals surface area contributed by atoms with Crippen LogP contribution in [0.1, 0.15) is 26.2 Å². The minimum atomic E-state index is -4.34. The summed E-state index contributed by atoms with van der Waals surface area (Å²) in [7, 11) is 0. The van der Waals surface area contributed by atoms with Crippen LogP contribution in [0, 0.1) is 5.92 Å². The Morgan fingerprint density at radius 1 is 1.53 bits per heavy atom. The number of nitrogens with two attached hydrogens (primary N) is 1. The van der Waals surface area contributed by atoms with Crippen LogP contribution in [0.4, 0.5) is 13.2 Å². The van der Waals surface area contributed by atoms with E-state index in [0.717, 1.165) is 12.8 Å². The van der Waals surface area contributed by atoms with Crippen molar-refractivity contribution in [1.29, 1.82) is 0 Å². The molecule has 1 aliphatic rings. The molecule has 1 saturated heterocycles. The van der Waals surface area contributed by atoms with Gasteiger partial charge < -0.3 is 15.4 Å². The molecule has 0 aromatic carbocycles. The van der Waals surface area contributed by atoms with Gasteiger partial charge in [0, 0.05) is 19.1 Å². The number of rotatable bonds is 5. The molecule has 1 amide bonds. The lowest BCUT2D eigenvalue weighted by molar-refractivity contribution is -0.175. The van der Waals surface area contributed by atoms with Crippen molar-refractivity contribution in [1.82, 2.24) is 4.90 Å². The van der Waals surface area contributed by atoms with E-state index in [9.17, 15) is 18.0 Å². The first-order valence-electron chi connectivity index (χ1n) is 6.47. The Bertz CT molecular complexity index is 295. The normalized spacial score (nSPS) is 22.4. The van der Waals surface area contributed by atoms with Crippen LogP contribution in [0.25, 0.3) is 0 Å². The number of amides is 1. The summed E-state index contributed by atoms with van der Waals surface area (Å²) < 4.78 is 40.0. The van der Waals surface area contributed by atoms with Gasteiger partial charge in [-0.25, -0.2) is 0 Å². The second kappa shape index (κ2) is 7.09. The number of ether oxygens (including phenoxy) is 1. The molecule has 2 unspecified atom stereocenters. The fourth-order valence-corrected chi connectivity index (χ4v) is 2.17. The molecule has 0 bridgehead atoms. The summed E-state index contributed by atoms with van der Waals surface area (Å²) in [5, 5.41) is 0. The summed E-state index contributed by atoms with van der Waals surface area (Å²) in [6.07, 6.45) is -2.47. The molecule has 2 N–H and O–H groups in total. The topological polar surface area (TPSA) is 55.6 Å². The number of hydrogen-bond donors (Lipinski definition) is 1. The van der Waals surface area contributed by atoms with E-state index in [2.05, 4.69) is 4.74 Å². The molecular weight excluding hydrogens is 261 g/mol. The Kier molecular flexibility index (Phi) is 6.06. The van der Waals surface area contributed by atoms with Gasteiger partial charge in [-0.1, -0.05) is 0 Å². The standard InChI is InChI=1S/C12H21F3N2O2/c1-9(16)10-3-2-5-17(7-10)11(18)4-6-19-8-12(13,14)15/h9-10H,2-8,16H2,1H3. The molecule has 0 saturated carbocycles. The highest BCUT2D eigenvalue weighted by Crippen LogP contribution is 2.19. The third-order valence-corrected chi connectivity index (χ3v) is 3.28. The van der Waals surface area contributed by atoms with Gasteiger partial charge in [0.2, 0.25) is 5.91 Å². The molecule has 7 heteroatoms. The molecule has 0 aromatic heterocycles. The summed E-state index contributed by atoms with van der Waals surface area (Å²) >= 11 is 0. The van der Waals surface area contributed by atoms with Crippen LogP contribution in [0.5, 0.6) is 0 Å². The first-order valence-corrected chi connectivity index (χ1v) is 6.47. The quantitative estimate of drug-likeness (QED) is 0.778. The molecule has 112 valence electrons. The zero-order valence-corrected chi connectivity index (χ0v) is 11.1. The summed E-state index contributed by atoms with van der Waals surface area (Å²) in [5.74, 6) is 0.112. The Morgan fingerprint density at radius 3 is 2.79 bits per heavy atom. The van der Waals surface area contributed by atoms with Crippen molar-refractivity contribution in [3.63, 3.8) is 0 Å². The van der Waals surface area contributed by atoms with E-state index in [-0.39, 0.29) is 30.9 Å². The van der Waals surface area contributed by atoms with Crippen LogP contribution in [0.15, 0.2) is 0 Å². The van der Waals surface area contributed by atoms with Gasteiger partial charge in [-0.15, -0.1) is 0 Å². The SMILES string of the molecule is CC(N)C1CCCN(C(=O)CCOCC(F)(F)F)C1. The average Bonchev–Trinajstić information content (AvgIpc) is 2.33. The lowest BCUT2D eigenvalue weighted by Crippen LogP contribution is -2.45. The predicted octanol–water partition coefficient (Wildman–Crippen LogP) is 1.54. The Hall–Kier alpha value is -0.820. The maximum absolute atomic E-state index is 11.8. The molecule has 0 radical (unpaired) electrons. The van der Waals surface area contributed by atoms with Crippen molar-refractivity contribution < 1.29 is 22.7 Å². The maximum Gasteiger partial charge on any atom is 0.411 e. The zero-order chi connectivity index (χ0) is 14.5. The molecule has 1 aliphatic heterocycles. The molecule has 4 nitrogen and oxygen atoms in total. The number of alkyl halides is 3. The van der Waals surface area contributed by atoms with Gasteiger partial charge in [-0.2, -0.15) is 13.2 Å². The third-order valence-electron chi connectivity index (χ3n) is 3.28. The second-order valence-electron chi connectivity index (χ2n) is 5.02. The van der Waals surface area contributed by atoms with Gasteiger partial charge in [-0.05, 0) is 25.7 Å². The van der Waals surface area contributed by atoms with Crippen molar-refractivity contribution in [2.75, 3.05) is 26.3 Å². The van der Waals surface area contributed by atoms with Gasteiger partial charge in [0.15, 0.2) is 0 Å². The van der Waals surface area contributed by atoms with Crippen LogP contribution >= 0.6 is 0 Å². The molecule has 0 aliphatic carbocycles. The average molecular weight is 282 g/mol. The highest BCUT2D eigenvalue weighted by atomic mass is 19.4. The Labute approximate surface area is 111 Å². The van der Waals surface area contributed by atoms with E-state index in [1.54, 1.807) is 4.90 Å². The number of carbonyl (C=O) groups excluding carboxylic acids is 1. The molecule has 0 spiro atoms. The van der Waals surface area contributed by atoms with Crippen molar-refractivity contribution in [2.24, 2.45) is 11.7 Å². The monoisotopic (exact) mass is 282 g/mol. The molecule has 1 heterocycles. The third kappa shape index (κ3) is 6.24. The summed E-state index contributed by atoms with van der Waals surface area (Å²) in [4.78, 5) is 13.5. The lowest BCUT2D eigenvalue weighted by atomic mass is 9.92. The van der Waals surface area contributed by atoms with Crippen LogP contribution in [-0.4, -0.2) is 49.3 Å². The highest BCUT2D eigenvalue weighted by Gasteiger charge is 2.28. The second-order valence-corrected chi connectivity index (χ2v) is 5.02. The molecular formula is C12H21F3N2O2. The number of likely N-dealkylation sites (tertiary alicyclic amines) is 1. The van der Waals surface area contributed by atoms with Crippen LogP contribution in [0.3, 0.4) is 0 Å². The summed E-state index contributed by atoms with van der Waals surface area (Å²) in [6.45, 7) is 1.66. The van der Waals surface area contributed by atoms with Gasteiger partial charge in [0.1, 0.15) is 6.61 Å². The number of hydrogen-bond acceptors (Lipinski definition) is 3. The smallest absolute Gasteiger partial charge is 0.372 e. The fourth-order valence-electron chi connectivity index (χ4n) is 2.17. The van der Waals surface area contributed by atoms with Gasteiger partial charge in [-0.3, -0.25) is 4.79 Å². The fraction of sp³-hybridized carbons (Fsp3) is 0.917. The van der Waals surface area contributed by atoms with Gasteiger partial charge in [0.25, 0.3) is 0 Å². The van der Waals surface area contributed by atoms with Gasteiger partial charge in [0.05, 0.1) is 13.0 Å². The largest absolute Gasteiger partial charge is 0.411 e. The van der Waals surface area contributed by atoms with E-state index in [0.29, 0.717) is 13.1 Å². The van der Waals surface area contributed by atoms with E-state index in [1.165, 1.54) is 0 Å². The first kappa shape index (κ1) is 16.2. The van der Waals surface area contributed by atoms with Crippen LogP contribution in [0.2, 0.25) is 0 Å². The number of carbonyl (C=O) groups is 1. The molecule has 2 atom stereocenters. The maximum atomic E-state index is 11.8. The summed E-state index contributed by atoms with van der Waals surface area (Å²) in [6, 6.07) is 0.0251. The van der Waals surface area contributed by atoms with Crippen LogP contribution < -0.4 is 5.73 Å². The molecule has 1 fully saturated rings. The van der Waals surface area contributed by atoms with Crippen molar-refractivity contribution in [3.05, 3.63) is 0 Å². The van der Waals surface area contributed by atoms with E-state index >= 15 is 0 Å². The predicted molar refractivity (Wildman–Crippen MR) is 64.4 cm³/mol. The minimum Gasteiger partial charge on any atom is -0.372 e. The zero-order valence-electron chi connectivity index (χ0n) is 11.1.